The van der Waals surface area contributed by atoms with Crippen LogP contribution in [0.4, 0.5) is 0 Å². The van der Waals surface area contributed by atoms with E-state index in [0.29, 0.717) is 25.0 Å². The third-order valence-electron chi connectivity index (χ3n) is 11.8. The van der Waals surface area contributed by atoms with Crippen molar-refractivity contribution in [2.75, 3.05) is 13.2 Å². The lowest BCUT2D eigenvalue weighted by Gasteiger charge is -2.64. The second-order valence-electron chi connectivity index (χ2n) is 14.1. The van der Waals surface area contributed by atoms with Gasteiger partial charge in [-0.15, -0.1) is 0 Å². The topological polar surface area (TPSA) is 68.2 Å². The number of aliphatic hydroxyl groups is 2. The molecule has 5 nitrogen and oxygen atoms in total. The monoisotopic (exact) mass is 480 g/mol. The van der Waals surface area contributed by atoms with Crippen molar-refractivity contribution in [3.63, 3.8) is 0 Å². The van der Waals surface area contributed by atoms with Crippen LogP contribution in [-0.4, -0.2) is 55.8 Å². The average molecular weight is 481 g/mol. The van der Waals surface area contributed by atoms with E-state index in [1.807, 2.05) is 0 Å². The largest absolute Gasteiger partial charge is 0.414 e. The first-order chi connectivity index (χ1) is 15.3. The van der Waals surface area contributed by atoms with Crippen LogP contribution >= 0.6 is 0 Å². The zero-order valence-corrected chi connectivity index (χ0v) is 23.0. The SMILES string of the molecule is CC(C)(C)[Si](C)(C)O[C@H]1CC[C@]2(C)C3CC[C@@]4(C)C(CCC45OCCO5)C3[C@@H](O)[C@H](O)C2C1. The number of fused-ring (bicyclic) bond motifs is 6. The highest BCUT2D eigenvalue weighted by atomic mass is 28.4. The summed E-state index contributed by atoms with van der Waals surface area (Å²) in [4.78, 5) is 0. The Kier molecular flexibility index (Phi) is 5.81. The Bertz CT molecular complexity index is 758. The lowest BCUT2D eigenvalue weighted by Crippen LogP contribution is -2.65. The molecule has 4 saturated carbocycles. The second-order valence-corrected chi connectivity index (χ2v) is 18.9. The average Bonchev–Trinajstić information content (AvgIpc) is 3.32. The van der Waals surface area contributed by atoms with Gasteiger partial charge in [-0.1, -0.05) is 34.6 Å². The van der Waals surface area contributed by atoms with Gasteiger partial charge in [0.1, 0.15) is 0 Å². The van der Waals surface area contributed by atoms with E-state index in [2.05, 4.69) is 47.7 Å². The van der Waals surface area contributed by atoms with Crippen LogP contribution in [0.5, 0.6) is 0 Å². The predicted molar refractivity (Wildman–Crippen MR) is 131 cm³/mol. The van der Waals surface area contributed by atoms with Crippen LogP contribution < -0.4 is 0 Å². The number of hydrogen-bond donors (Lipinski definition) is 2. The standard InChI is InChI=1S/C27H48O5Si/c1-24(2,3)33(6,7)32-17-8-11-25(4)18-9-12-26(5)19(10-13-27(26)30-14-15-31-27)21(18)23(29)22(28)20(25)16-17/h17-23,28-29H,8-16H2,1-7H3/t17-,18?,19?,20?,21?,22+,23+,25+,26-/m0/s1. The van der Waals surface area contributed by atoms with Gasteiger partial charge in [-0.05, 0) is 85.7 Å². The van der Waals surface area contributed by atoms with Crippen molar-refractivity contribution in [1.82, 2.24) is 0 Å². The van der Waals surface area contributed by atoms with Crippen molar-refractivity contribution in [3.8, 4) is 0 Å². The Hall–Kier alpha value is 0.0169. The van der Waals surface area contributed by atoms with E-state index in [-0.39, 0.29) is 33.8 Å². The summed E-state index contributed by atoms with van der Waals surface area (Å²) < 4.78 is 19.3. The number of hydrogen-bond acceptors (Lipinski definition) is 5. The number of rotatable bonds is 2. The lowest BCUT2D eigenvalue weighted by molar-refractivity contribution is -0.269. The zero-order chi connectivity index (χ0) is 24.0. The van der Waals surface area contributed by atoms with E-state index in [4.69, 9.17) is 13.9 Å². The fraction of sp³-hybridized carbons (Fsp3) is 1.00. The molecule has 4 aliphatic carbocycles. The zero-order valence-electron chi connectivity index (χ0n) is 22.0. The molecule has 1 saturated heterocycles. The summed E-state index contributed by atoms with van der Waals surface area (Å²) in [5.41, 5.74) is -0.0116. The van der Waals surface area contributed by atoms with Gasteiger partial charge < -0.3 is 24.1 Å². The Labute approximate surface area is 202 Å². The molecule has 1 spiro atoms. The molecule has 0 amide bonds. The van der Waals surface area contributed by atoms with Crippen molar-refractivity contribution in [1.29, 1.82) is 0 Å². The van der Waals surface area contributed by atoms with Gasteiger partial charge in [-0.3, -0.25) is 0 Å². The van der Waals surface area contributed by atoms with Gasteiger partial charge in [0.15, 0.2) is 14.1 Å². The van der Waals surface area contributed by atoms with Gasteiger partial charge >= 0.3 is 0 Å². The molecule has 1 heterocycles. The quantitative estimate of drug-likeness (QED) is 0.538. The molecule has 2 N–H and O–H groups in total. The van der Waals surface area contributed by atoms with Crippen LogP contribution in [0.15, 0.2) is 0 Å². The van der Waals surface area contributed by atoms with Crippen LogP contribution in [0.3, 0.4) is 0 Å². The van der Waals surface area contributed by atoms with E-state index in [0.717, 1.165) is 44.9 Å². The molecular formula is C27H48O5Si. The van der Waals surface area contributed by atoms with E-state index in [1.165, 1.54) is 0 Å². The van der Waals surface area contributed by atoms with Gasteiger partial charge in [0.25, 0.3) is 0 Å². The molecule has 0 radical (unpaired) electrons. The summed E-state index contributed by atoms with van der Waals surface area (Å²) in [6.07, 6.45) is 6.03. The summed E-state index contributed by atoms with van der Waals surface area (Å²) >= 11 is 0. The summed E-state index contributed by atoms with van der Waals surface area (Å²) in [6, 6.07) is 0. The van der Waals surface area contributed by atoms with Crippen molar-refractivity contribution < 1.29 is 24.1 Å². The van der Waals surface area contributed by atoms with Gasteiger partial charge in [-0.2, -0.15) is 0 Å². The third kappa shape index (κ3) is 3.41. The highest BCUT2D eigenvalue weighted by molar-refractivity contribution is 6.74. The van der Waals surface area contributed by atoms with Crippen molar-refractivity contribution >= 4 is 8.32 Å². The maximum Gasteiger partial charge on any atom is 0.192 e. The van der Waals surface area contributed by atoms with Crippen LogP contribution in [-0.2, 0) is 13.9 Å². The van der Waals surface area contributed by atoms with Crippen LogP contribution in [0.2, 0.25) is 18.1 Å². The minimum Gasteiger partial charge on any atom is -0.414 e. The molecule has 5 aliphatic rings. The number of ether oxygens (including phenoxy) is 2. The molecule has 0 aromatic carbocycles. The normalized spacial score (nSPS) is 49.5. The predicted octanol–water partition coefficient (Wildman–Crippen LogP) is 5.10. The van der Waals surface area contributed by atoms with Gasteiger partial charge in [0.2, 0.25) is 0 Å². The molecule has 9 atom stereocenters. The first-order valence-electron chi connectivity index (χ1n) is 13.6. The summed E-state index contributed by atoms with van der Waals surface area (Å²) in [6.45, 7) is 17.6. The maximum absolute atomic E-state index is 11.6. The molecule has 1 aliphatic heterocycles. The van der Waals surface area contributed by atoms with Crippen molar-refractivity contribution in [2.45, 2.75) is 122 Å². The summed E-state index contributed by atoms with van der Waals surface area (Å²) in [5.74, 6) is 0.558. The molecule has 0 aromatic rings. The minimum atomic E-state index is -1.86. The Morgan fingerprint density at radius 2 is 1.48 bits per heavy atom. The van der Waals surface area contributed by atoms with E-state index >= 15 is 0 Å². The second kappa shape index (κ2) is 7.76. The molecule has 0 bridgehead atoms. The fourth-order valence-electron chi connectivity index (χ4n) is 8.81. The Morgan fingerprint density at radius 3 is 2.12 bits per heavy atom. The van der Waals surface area contributed by atoms with Crippen LogP contribution in [0, 0.1) is 34.5 Å². The van der Waals surface area contributed by atoms with Gasteiger partial charge in [-0.25, -0.2) is 0 Å². The van der Waals surface area contributed by atoms with E-state index < -0.39 is 26.3 Å². The summed E-state index contributed by atoms with van der Waals surface area (Å²) in [5, 5.41) is 23.3. The third-order valence-corrected chi connectivity index (χ3v) is 16.3. The Balaban J connectivity index is 1.39. The van der Waals surface area contributed by atoms with Crippen molar-refractivity contribution in [2.24, 2.45) is 34.5 Å². The van der Waals surface area contributed by atoms with Crippen LogP contribution in [0.25, 0.3) is 0 Å². The molecule has 33 heavy (non-hydrogen) atoms. The first-order valence-corrected chi connectivity index (χ1v) is 16.5. The molecule has 190 valence electrons. The van der Waals surface area contributed by atoms with Crippen LogP contribution in [0.1, 0.15) is 79.6 Å². The minimum absolute atomic E-state index is 0.0606. The smallest absolute Gasteiger partial charge is 0.192 e. The van der Waals surface area contributed by atoms with Crippen molar-refractivity contribution in [3.05, 3.63) is 0 Å². The van der Waals surface area contributed by atoms with E-state index in [1.54, 1.807) is 0 Å². The highest BCUT2D eigenvalue weighted by Gasteiger charge is 2.70. The van der Waals surface area contributed by atoms with Gasteiger partial charge in [0.05, 0.1) is 25.4 Å². The molecule has 6 heteroatoms. The maximum atomic E-state index is 11.6. The first kappa shape index (κ1) is 24.7. The molecular weight excluding hydrogens is 432 g/mol. The van der Waals surface area contributed by atoms with Gasteiger partial charge in [0, 0.05) is 17.9 Å². The molecule has 0 aromatic heterocycles. The number of aliphatic hydroxyl groups excluding tert-OH is 2. The lowest BCUT2D eigenvalue weighted by atomic mass is 9.43. The van der Waals surface area contributed by atoms with E-state index in [9.17, 15) is 10.2 Å². The highest BCUT2D eigenvalue weighted by Crippen LogP contribution is 2.69. The Morgan fingerprint density at radius 1 is 0.848 bits per heavy atom. The molecule has 5 rings (SSSR count). The molecule has 4 unspecified atom stereocenters. The fourth-order valence-corrected chi connectivity index (χ4v) is 10.2. The molecule has 5 fully saturated rings. The summed E-state index contributed by atoms with van der Waals surface area (Å²) in [7, 11) is -1.86.